The lowest BCUT2D eigenvalue weighted by Gasteiger charge is -2.26. The SMILES string of the molecule is C#CC(CCCCC[C@@H]1CCN(C(C(=O)O)c2cnc(C3CC3)nc2C2CC2)C1)=NC1=C(C)CCCN1. The molecule has 2 N–H and O–H groups in total. The highest BCUT2D eigenvalue weighted by molar-refractivity contribution is 6.00. The first-order valence-electron chi connectivity index (χ1n) is 14.3. The summed E-state index contributed by atoms with van der Waals surface area (Å²) in [4.78, 5) is 28.8. The van der Waals surface area contributed by atoms with E-state index >= 15 is 0 Å². The van der Waals surface area contributed by atoms with Crippen LogP contribution in [0.25, 0.3) is 0 Å². The molecule has 37 heavy (non-hydrogen) atoms. The maximum Gasteiger partial charge on any atom is 0.325 e. The van der Waals surface area contributed by atoms with E-state index in [9.17, 15) is 9.90 Å². The van der Waals surface area contributed by atoms with Gasteiger partial charge in [0.05, 0.1) is 11.4 Å². The molecule has 2 saturated carbocycles. The van der Waals surface area contributed by atoms with Gasteiger partial charge in [0.2, 0.25) is 0 Å². The van der Waals surface area contributed by atoms with Crippen molar-refractivity contribution in [1.82, 2.24) is 20.2 Å². The average Bonchev–Trinajstić information content (AvgIpc) is 3.83. The first kappa shape index (κ1) is 25.9. The van der Waals surface area contributed by atoms with Crippen LogP contribution in [0.3, 0.4) is 0 Å². The number of hydrogen-bond donors (Lipinski definition) is 2. The Morgan fingerprint density at radius 2 is 2.05 bits per heavy atom. The molecule has 3 heterocycles. The normalized spacial score (nSPS) is 23.6. The summed E-state index contributed by atoms with van der Waals surface area (Å²) in [5.41, 5.74) is 3.97. The molecule has 2 aliphatic carbocycles. The Bertz CT molecular complexity index is 1100. The van der Waals surface area contributed by atoms with Crippen molar-refractivity contribution in [2.24, 2.45) is 10.9 Å². The molecule has 0 amide bonds. The highest BCUT2D eigenvalue weighted by Gasteiger charge is 2.39. The lowest BCUT2D eigenvalue weighted by molar-refractivity contribution is -0.143. The number of aliphatic imine (C=N–C) groups is 1. The molecule has 198 valence electrons. The zero-order chi connectivity index (χ0) is 25.8. The van der Waals surface area contributed by atoms with Crippen molar-refractivity contribution in [2.75, 3.05) is 19.6 Å². The number of nitrogens with zero attached hydrogens (tertiary/aromatic N) is 4. The van der Waals surface area contributed by atoms with Gasteiger partial charge in [0.15, 0.2) is 0 Å². The van der Waals surface area contributed by atoms with Gasteiger partial charge in [-0.05, 0) is 89.2 Å². The maximum atomic E-state index is 12.4. The van der Waals surface area contributed by atoms with Crippen molar-refractivity contribution in [1.29, 1.82) is 0 Å². The van der Waals surface area contributed by atoms with Crippen molar-refractivity contribution in [3.05, 3.63) is 34.7 Å². The van der Waals surface area contributed by atoms with Crippen LogP contribution in [-0.4, -0.2) is 51.3 Å². The number of carbonyl (C=O) groups is 1. The second-order valence-corrected chi connectivity index (χ2v) is 11.5. The van der Waals surface area contributed by atoms with E-state index in [1.54, 1.807) is 0 Å². The van der Waals surface area contributed by atoms with E-state index in [-0.39, 0.29) is 0 Å². The van der Waals surface area contributed by atoms with E-state index < -0.39 is 12.0 Å². The third-order valence-corrected chi connectivity index (χ3v) is 8.35. The number of allylic oxidation sites excluding steroid dienone is 1. The number of rotatable bonds is 12. The summed E-state index contributed by atoms with van der Waals surface area (Å²) < 4.78 is 0. The first-order chi connectivity index (χ1) is 18.0. The molecule has 1 saturated heterocycles. The smallest absolute Gasteiger partial charge is 0.325 e. The van der Waals surface area contributed by atoms with Crippen LogP contribution < -0.4 is 5.32 Å². The molecule has 7 nitrogen and oxygen atoms in total. The fraction of sp³-hybridized carbons (Fsp3) is 0.667. The molecule has 0 radical (unpaired) electrons. The van der Waals surface area contributed by atoms with E-state index in [0.717, 1.165) is 125 Å². The topological polar surface area (TPSA) is 90.7 Å². The minimum Gasteiger partial charge on any atom is -0.480 e. The number of carboxylic acid groups (broad SMARTS) is 1. The largest absolute Gasteiger partial charge is 0.480 e. The number of unbranched alkanes of at least 4 members (excludes halogenated alkanes) is 2. The Morgan fingerprint density at radius 3 is 2.76 bits per heavy atom. The van der Waals surface area contributed by atoms with Crippen LogP contribution in [0.4, 0.5) is 0 Å². The molecule has 1 aromatic rings. The van der Waals surface area contributed by atoms with E-state index in [2.05, 4.69) is 28.0 Å². The fourth-order valence-electron chi connectivity index (χ4n) is 5.83. The zero-order valence-electron chi connectivity index (χ0n) is 22.2. The Morgan fingerprint density at radius 1 is 1.24 bits per heavy atom. The monoisotopic (exact) mass is 503 g/mol. The van der Waals surface area contributed by atoms with Gasteiger partial charge in [0.1, 0.15) is 17.7 Å². The second-order valence-electron chi connectivity index (χ2n) is 11.5. The Hall–Kier alpha value is -2.72. The van der Waals surface area contributed by atoms with Crippen LogP contribution in [-0.2, 0) is 4.79 Å². The number of aliphatic carboxylic acids is 1. The van der Waals surface area contributed by atoms with Crippen LogP contribution in [0.2, 0.25) is 0 Å². The number of nitrogens with one attached hydrogen (secondary N) is 1. The molecule has 0 bridgehead atoms. The van der Waals surface area contributed by atoms with E-state index in [1.165, 1.54) is 5.57 Å². The van der Waals surface area contributed by atoms with Gasteiger partial charge in [-0.15, -0.1) is 6.42 Å². The van der Waals surface area contributed by atoms with Crippen LogP contribution in [0.1, 0.15) is 119 Å². The molecule has 0 aromatic carbocycles. The van der Waals surface area contributed by atoms with E-state index in [4.69, 9.17) is 16.4 Å². The summed E-state index contributed by atoms with van der Waals surface area (Å²) in [7, 11) is 0. The third-order valence-electron chi connectivity index (χ3n) is 8.35. The number of carboxylic acids is 1. The molecule has 3 fully saturated rings. The van der Waals surface area contributed by atoms with Crippen molar-refractivity contribution in [3.63, 3.8) is 0 Å². The predicted octanol–water partition coefficient (Wildman–Crippen LogP) is 5.32. The van der Waals surface area contributed by atoms with E-state index in [0.29, 0.717) is 17.8 Å². The van der Waals surface area contributed by atoms with Gasteiger partial charge in [-0.1, -0.05) is 18.8 Å². The number of aromatic nitrogens is 2. The predicted molar refractivity (Wildman–Crippen MR) is 145 cm³/mol. The lowest BCUT2D eigenvalue weighted by Crippen LogP contribution is -2.33. The summed E-state index contributed by atoms with van der Waals surface area (Å²) in [5, 5.41) is 13.6. The Balaban J connectivity index is 1.11. The van der Waals surface area contributed by atoms with Crippen LogP contribution >= 0.6 is 0 Å². The number of likely N-dealkylation sites (tertiary alicyclic amines) is 1. The molecular formula is C30H41N5O2. The summed E-state index contributed by atoms with van der Waals surface area (Å²) in [6, 6.07) is -0.630. The molecule has 4 aliphatic rings. The third kappa shape index (κ3) is 6.59. The quantitative estimate of drug-likeness (QED) is 0.228. The first-order valence-corrected chi connectivity index (χ1v) is 14.3. The minimum absolute atomic E-state index is 0.418. The molecule has 2 atom stereocenters. The molecule has 7 heteroatoms. The van der Waals surface area contributed by atoms with Crippen LogP contribution in [0.15, 0.2) is 22.6 Å². The summed E-state index contributed by atoms with van der Waals surface area (Å²) >= 11 is 0. The van der Waals surface area contributed by atoms with Crippen LogP contribution in [0.5, 0.6) is 0 Å². The summed E-state index contributed by atoms with van der Waals surface area (Å²) in [6.07, 6.45) is 20.7. The minimum atomic E-state index is -0.774. The van der Waals surface area contributed by atoms with Gasteiger partial charge < -0.3 is 10.4 Å². The van der Waals surface area contributed by atoms with Crippen molar-refractivity contribution in [2.45, 2.75) is 102 Å². The highest BCUT2D eigenvalue weighted by Crippen LogP contribution is 2.45. The standard InChI is InChI=1S/C30H41N5O2/c1-3-24(33-28-20(2)8-7-16-31-28)10-6-4-5-9-21-15-17-35(19-21)27(30(36)37)25-18-32-29(23-13-14-23)34-26(25)22-11-12-22/h1,18,21-23,27,31H,4-17,19H2,2H3,(H,36,37)/t21-,27?/m1/s1. The fourth-order valence-corrected chi connectivity index (χ4v) is 5.83. The lowest BCUT2D eigenvalue weighted by atomic mass is 9.99. The maximum absolute atomic E-state index is 12.4. The Labute approximate surface area is 221 Å². The van der Waals surface area contributed by atoms with Crippen molar-refractivity contribution < 1.29 is 9.90 Å². The van der Waals surface area contributed by atoms with Crippen molar-refractivity contribution in [3.8, 4) is 12.3 Å². The zero-order valence-corrected chi connectivity index (χ0v) is 22.2. The summed E-state index contributed by atoms with van der Waals surface area (Å²) in [5.74, 6) is 5.34. The summed E-state index contributed by atoms with van der Waals surface area (Å²) in [6.45, 7) is 4.75. The number of hydrogen-bond acceptors (Lipinski definition) is 6. The highest BCUT2D eigenvalue weighted by atomic mass is 16.4. The van der Waals surface area contributed by atoms with Crippen LogP contribution in [0, 0.1) is 18.3 Å². The molecular weight excluding hydrogens is 462 g/mol. The van der Waals surface area contributed by atoms with Gasteiger partial charge in [-0.3, -0.25) is 9.69 Å². The second kappa shape index (κ2) is 11.8. The van der Waals surface area contributed by atoms with Gasteiger partial charge in [0, 0.05) is 36.7 Å². The molecule has 2 aliphatic heterocycles. The average molecular weight is 504 g/mol. The Kier molecular flexibility index (Phi) is 8.24. The van der Waals surface area contributed by atoms with Gasteiger partial charge in [0.25, 0.3) is 0 Å². The van der Waals surface area contributed by atoms with Gasteiger partial charge >= 0.3 is 5.97 Å². The van der Waals surface area contributed by atoms with Gasteiger partial charge in [-0.25, -0.2) is 15.0 Å². The molecule has 1 unspecified atom stereocenters. The number of terminal acetylenes is 1. The molecule has 5 rings (SSSR count). The van der Waals surface area contributed by atoms with E-state index in [1.807, 2.05) is 6.20 Å². The van der Waals surface area contributed by atoms with Crippen molar-refractivity contribution >= 4 is 11.7 Å². The molecule has 1 aromatic heterocycles. The van der Waals surface area contributed by atoms with Gasteiger partial charge in [-0.2, -0.15) is 0 Å². The molecule has 0 spiro atoms.